The first-order valence-corrected chi connectivity index (χ1v) is 9.36. The Kier molecular flexibility index (Phi) is 4.28. The number of piperidine rings is 1. The monoisotopic (exact) mass is 440 g/mol. The van der Waals surface area contributed by atoms with Crippen LogP contribution in [0.3, 0.4) is 0 Å². The molecule has 1 aliphatic carbocycles. The minimum atomic E-state index is -0.313. The lowest BCUT2D eigenvalue weighted by molar-refractivity contribution is 0.0710. The van der Waals surface area contributed by atoms with Crippen LogP contribution < -0.4 is 0 Å². The van der Waals surface area contributed by atoms with E-state index in [1.165, 1.54) is 25.0 Å². The quantitative estimate of drug-likeness (QED) is 0.745. The van der Waals surface area contributed by atoms with Gasteiger partial charge < -0.3 is 4.90 Å². The molecule has 0 unspecified atom stereocenters. The number of carbonyl (C=O) groups is 1. The van der Waals surface area contributed by atoms with Crippen molar-refractivity contribution in [3.05, 3.63) is 44.8 Å². The first-order chi connectivity index (χ1) is 11.6. The van der Waals surface area contributed by atoms with E-state index in [0.717, 1.165) is 24.5 Å². The Hall–Kier alpha value is -1.51. The number of carbonyl (C=O) groups excluding carboxylic acids is 1. The lowest BCUT2D eigenvalue weighted by Crippen LogP contribution is -2.38. The Morgan fingerprint density at radius 1 is 1.21 bits per heavy atom. The molecule has 1 N–H and O–H groups in total. The van der Waals surface area contributed by atoms with E-state index < -0.39 is 0 Å². The molecule has 1 saturated carbocycles. The minimum absolute atomic E-state index is 0.0194. The Labute approximate surface area is 153 Å². The first kappa shape index (κ1) is 16.0. The van der Waals surface area contributed by atoms with Crippen LogP contribution in [0.4, 0.5) is 4.39 Å². The summed E-state index contributed by atoms with van der Waals surface area (Å²) in [7, 11) is 0. The fraction of sp³-hybridized carbons (Fsp3) is 0.471. The van der Waals surface area contributed by atoms with Gasteiger partial charge in [0.15, 0.2) is 5.82 Å². The number of H-pyrrole nitrogens is 1. The largest absolute Gasteiger partial charge is 0.339 e. The van der Waals surface area contributed by atoms with Crippen molar-refractivity contribution in [2.24, 2.45) is 0 Å². The second-order valence-electron chi connectivity index (χ2n) is 6.54. The molecule has 2 fully saturated rings. The van der Waals surface area contributed by atoms with Crippen LogP contribution in [0.25, 0.3) is 0 Å². The summed E-state index contributed by atoms with van der Waals surface area (Å²) in [4.78, 5) is 19.1. The fourth-order valence-corrected chi connectivity index (χ4v) is 3.89. The molecule has 1 aromatic carbocycles. The zero-order valence-corrected chi connectivity index (χ0v) is 15.3. The smallest absolute Gasteiger partial charge is 0.254 e. The molecule has 2 aromatic rings. The minimum Gasteiger partial charge on any atom is -0.339 e. The molecule has 1 aliphatic heterocycles. The maximum atomic E-state index is 13.2. The topological polar surface area (TPSA) is 61.9 Å². The van der Waals surface area contributed by atoms with Crippen molar-refractivity contribution in [1.29, 1.82) is 0 Å². The third kappa shape index (κ3) is 3.18. The van der Waals surface area contributed by atoms with Gasteiger partial charge in [0.2, 0.25) is 0 Å². The predicted molar refractivity (Wildman–Crippen MR) is 95.4 cm³/mol. The Balaban J connectivity index is 1.40. The molecule has 5 nitrogen and oxygen atoms in total. The van der Waals surface area contributed by atoms with Crippen LogP contribution in [0.15, 0.2) is 18.2 Å². The SMILES string of the molecule is O=C(c1ccc(F)cc1I)N1CCC(c2nc(C3CC3)n[nH]2)CC1. The van der Waals surface area contributed by atoms with Gasteiger partial charge in [-0.1, -0.05) is 0 Å². The van der Waals surface area contributed by atoms with Gasteiger partial charge in [-0.2, -0.15) is 5.10 Å². The van der Waals surface area contributed by atoms with Gasteiger partial charge in [-0.25, -0.2) is 9.37 Å². The van der Waals surface area contributed by atoms with Crippen molar-refractivity contribution in [1.82, 2.24) is 20.1 Å². The number of aromatic nitrogens is 3. The number of nitrogens with zero attached hydrogens (tertiary/aromatic N) is 3. The molecule has 0 bridgehead atoms. The molecular weight excluding hydrogens is 422 g/mol. The fourth-order valence-electron chi connectivity index (χ4n) is 3.18. The van der Waals surface area contributed by atoms with Gasteiger partial charge in [0.1, 0.15) is 11.6 Å². The molecule has 7 heteroatoms. The molecule has 0 radical (unpaired) electrons. The van der Waals surface area contributed by atoms with E-state index in [0.29, 0.717) is 34.1 Å². The van der Waals surface area contributed by atoms with Crippen LogP contribution in [0.1, 0.15) is 59.5 Å². The Morgan fingerprint density at radius 3 is 2.62 bits per heavy atom. The maximum absolute atomic E-state index is 13.2. The molecule has 0 spiro atoms. The summed E-state index contributed by atoms with van der Waals surface area (Å²) >= 11 is 2.01. The molecule has 2 heterocycles. The number of hydrogen-bond donors (Lipinski definition) is 1. The summed E-state index contributed by atoms with van der Waals surface area (Å²) in [6.07, 6.45) is 4.15. The highest BCUT2D eigenvalue weighted by Gasteiger charge is 2.31. The van der Waals surface area contributed by atoms with Crippen LogP contribution in [-0.4, -0.2) is 39.1 Å². The number of likely N-dealkylation sites (tertiary alicyclic amines) is 1. The number of amides is 1. The van der Waals surface area contributed by atoms with Crippen molar-refractivity contribution >= 4 is 28.5 Å². The molecule has 24 heavy (non-hydrogen) atoms. The molecule has 0 atom stereocenters. The van der Waals surface area contributed by atoms with Crippen LogP contribution in [0.5, 0.6) is 0 Å². The summed E-state index contributed by atoms with van der Waals surface area (Å²) < 4.78 is 13.9. The van der Waals surface area contributed by atoms with E-state index in [2.05, 4.69) is 15.2 Å². The number of rotatable bonds is 3. The number of nitrogens with one attached hydrogen (secondary N) is 1. The summed E-state index contributed by atoms with van der Waals surface area (Å²) in [5, 5.41) is 7.40. The van der Waals surface area contributed by atoms with Gasteiger partial charge in [0.25, 0.3) is 5.91 Å². The van der Waals surface area contributed by atoms with Crippen molar-refractivity contribution in [2.75, 3.05) is 13.1 Å². The van der Waals surface area contributed by atoms with Crippen molar-refractivity contribution in [3.8, 4) is 0 Å². The summed E-state index contributed by atoms with van der Waals surface area (Å²) in [5.41, 5.74) is 0.575. The standard InChI is InChI=1S/C17H18FIN4O/c18-12-3-4-13(14(19)9-12)17(24)23-7-5-11(6-8-23)16-20-15(21-22-16)10-1-2-10/h3-4,9-11H,1-2,5-8H2,(H,20,21,22). The lowest BCUT2D eigenvalue weighted by atomic mass is 9.95. The van der Waals surface area contributed by atoms with Gasteiger partial charge in [-0.05, 0) is 66.5 Å². The van der Waals surface area contributed by atoms with Crippen LogP contribution in [0.2, 0.25) is 0 Å². The van der Waals surface area contributed by atoms with Gasteiger partial charge in [0, 0.05) is 28.5 Å². The first-order valence-electron chi connectivity index (χ1n) is 8.28. The summed E-state index contributed by atoms with van der Waals surface area (Å²) in [5.74, 6) is 2.46. The van der Waals surface area contributed by atoms with E-state index in [9.17, 15) is 9.18 Å². The zero-order chi connectivity index (χ0) is 16.7. The number of hydrogen-bond acceptors (Lipinski definition) is 3. The highest BCUT2D eigenvalue weighted by atomic mass is 127. The molecule has 2 aliphatic rings. The highest BCUT2D eigenvalue weighted by molar-refractivity contribution is 14.1. The average molecular weight is 440 g/mol. The van der Waals surface area contributed by atoms with Gasteiger partial charge in [-0.3, -0.25) is 9.89 Å². The van der Waals surface area contributed by atoms with Gasteiger partial charge in [-0.15, -0.1) is 0 Å². The van der Waals surface area contributed by atoms with E-state index >= 15 is 0 Å². The number of benzene rings is 1. The number of halogens is 2. The van der Waals surface area contributed by atoms with E-state index in [4.69, 9.17) is 0 Å². The third-order valence-electron chi connectivity index (χ3n) is 4.79. The van der Waals surface area contributed by atoms with Crippen molar-refractivity contribution in [2.45, 2.75) is 37.5 Å². The van der Waals surface area contributed by atoms with E-state index in [1.54, 1.807) is 6.07 Å². The Morgan fingerprint density at radius 2 is 1.96 bits per heavy atom. The summed E-state index contributed by atoms with van der Waals surface area (Å²) in [6, 6.07) is 4.31. The molecule has 1 aromatic heterocycles. The van der Waals surface area contributed by atoms with E-state index in [1.807, 2.05) is 27.5 Å². The molecule has 4 rings (SSSR count). The zero-order valence-electron chi connectivity index (χ0n) is 13.1. The molecule has 1 saturated heterocycles. The number of aromatic amines is 1. The van der Waals surface area contributed by atoms with Crippen LogP contribution >= 0.6 is 22.6 Å². The van der Waals surface area contributed by atoms with Gasteiger partial charge in [0.05, 0.1) is 5.56 Å². The van der Waals surface area contributed by atoms with Crippen molar-refractivity contribution in [3.63, 3.8) is 0 Å². The van der Waals surface area contributed by atoms with Crippen LogP contribution in [-0.2, 0) is 0 Å². The normalized spacial score (nSPS) is 18.8. The predicted octanol–water partition coefficient (Wildman–Crippen LogP) is 3.45. The Bertz CT molecular complexity index is 766. The average Bonchev–Trinajstić information content (AvgIpc) is 3.32. The van der Waals surface area contributed by atoms with Crippen LogP contribution in [0, 0.1) is 9.39 Å². The second kappa shape index (κ2) is 6.42. The highest BCUT2D eigenvalue weighted by Crippen LogP contribution is 2.38. The second-order valence-corrected chi connectivity index (χ2v) is 7.71. The molecule has 126 valence electrons. The maximum Gasteiger partial charge on any atom is 0.254 e. The van der Waals surface area contributed by atoms with Gasteiger partial charge >= 0.3 is 0 Å². The summed E-state index contributed by atoms with van der Waals surface area (Å²) in [6.45, 7) is 1.38. The van der Waals surface area contributed by atoms with E-state index in [-0.39, 0.29) is 11.7 Å². The van der Waals surface area contributed by atoms with Crippen molar-refractivity contribution < 1.29 is 9.18 Å². The lowest BCUT2D eigenvalue weighted by Gasteiger charge is -2.31. The molecule has 1 amide bonds. The third-order valence-corrected chi connectivity index (χ3v) is 5.69. The molecular formula is C17H18FIN4O.